The highest BCUT2D eigenvalue weighted by atomic mass is 16.6. The highest BCUT2D eigenvalue weighted by Crippen LogP contribution is 2.52. The second-order valence-corrected chi connectivity index (χ2v) is 9.94. The van der Waals surface area contributed by atoms with Crippen LogP contribution in [-0.2, 0) is 10.2 Å². The topological polar surface area (TPSA) is 87.8 Å². The van der Waals surface area contributed by atoms with Crippen molar-refractivity contribution in [3.63, 3.8) is 0 Å². The van der Waals surface area contributed by atoms with Gasteiger partial charge in [-0.3, -0.25) is 5.32 Å². The standard InChI is InChI=1S/C29H33N3O4/c1-19-26(30-28(34)35-20(2)22-7-5-4-6-8-22)27(36-31-19)32-17-13-24(14-18-32)23-9-11-25(12-10-23)29(15-16-29)21(3)33/h4-12,20,24,33H,3,13-18H2,1-2H3,(H,30,34)/t20-/m1/s1. The fraction of sp³-hybridized carbons (Fsp3) is 0.379. The zero-order valence-electron chi connectivity index (χ0n) is 20.9. The summed E-state index contributed by atoms with van der Waals surface area (Å²) in [5.74, 6) is 1.29. The molecule has 188 valence electrons. The van der Waals surface area contributed by atoms with Gasteiger partial charge in [0.1, 0.15) is 17.5 Å². The molecule has 1 atom stereocenters. The van der Waals surface area contributed by atoms with Gasteiger partial charge < -0.3 is 19.3 Å². The van der Waals surface area contributed by atoms with E-state index in [0.717, 1.165) is 49.9 Å². The fourth-order valence-corrected chi connectivity index (χ4v) is 5.16. The number of carbonyl (C=O) groups is 1. The molecular weight excluding hydrogens is 454 g/mol. The van der Waals surface area contributed by atoms with E-state index in [2.05, 4.69) is 46.2 Å². The van der Waals surface area contributed by atoms with Crippen LogP contribution < -0.4 is 10.2 Å². The van der Waals surface area contributed by atoms with Crippen LogP contribution in [0.25, 0.3) is 0 Å². The van der Waals surface area contributed by atoms with E-state index in [1.165, 1.54) is 5.56 Å². The number of ether oxygens (including phenoxy) is 1. The van der Waals surface area contributed by atoms with Gasteiger partial charge in [-0.2, -0.15) is 0 Å². The Kier molecular flexibility index (Phi) is 6.48. The maximum atomic E-state index is 12.6. The third-order valence-corrected chi connectivity index (χ3v) is 7.64. The van der Waals surface area contributed by atoms with E-state index < -0.39 is 6.09 Å². The van der Waals surface area contributed by atoms with Crippen LogP contribution in [0.2, 0.25) is 0 Å². The van der Waals surface area contributed by atoms with E-state index in [0.29, 0.717) is 23.2 Å². The Hall–Kier alpha value is -3.74. The lowest BCUT2D eigenvalue weighted by Gasteiger charge is -2.32. The van der Waals surface area contributed by atoms with Crippen molar-refractivity contribution in [2.45, 2.75) is 57.0 Å². The molecule has 1 saturated heterocycles. The highest BCUT2D eigenvalue weighted by Gasteiger charge is 2.47. The van der Waals surface area contributed by atoms with Gasteiger partial charge in [-0.1, -0.05) is 66.3 Å². The lowest BCUT2D eigenvalue weighted by atomic mass is 9.86. The number of carbonyl (C=O) groups excluding carboxylic acids is 1. The monoisotopic (exact) mass is 487 g/mol. The molecule has 1 saturated carbocycles. The van der Waals surface area contributed by atoms with Crippen molar-refractivity contribution in [3.8, 4) is 0 Å². The van der Waals surface area contributed by atoms with E-state index in [1.807, 2.05) is 44.2 Å². The first-order valence-electron chi connectivity index (χ1n) is 12.6. The molecule has 2 aromatic carbocycles. The lowest BCUT2D eigenvalue weighted by Crippen LogP contribution is -2.33. The van der Waals surface area contributed by atoms with E-state index in [-0.39, 0.29) is 17.3 Å². The number of hydrogen-bond acceptors (Lipinski definition) is 6. The molecule has 1 amide bonds. The lowest BCUT2D eigenvalue weighted by molar-refractivity contribution is 0.121. The molecule has 1 aliphatic carbocycles. The van der Waals surface area contributed by atoms with Crippen LogP contribution in [0.4, 0.5) is 16.4 Å². The van der Waals surface area contributed by atoms with Crippen molar-refractivity contribution in [1.29, 1.82) is 0 Å². The van der Waals surface area contributed by atoms with Crippen molar-refractivity contribution in [1.82, 2.24) is 5.16 Å². The van der Waals surface area contributed by atoms with Crippen LogP contribution >= 0.6 is 0 Å². The average Bonchev–Trinajstić information content (AvgIpc) is 3.64. The number of aryl methyl sites for hydroxylation is 1. The minimum Gasteiger partial charge on any atom is -0.512 e. The number of anilines is 2. The van der Waals surface area contributed by atoms with E-state index in [4.69, 9.17) is 9.26 Å². The van der Waals surface area contributed by atoms with Crippen molar-refractivity contribution in [2.75, 3.05) is 23.3 Å². The summed E-state index contributed by atoms with van der Waals surface area (Å²) in [5.41, 5.74) is 4.34. The van der Waals surface area contributed by atoms with Crippen molar-refractivity contribution in [2.24, 2.45) is 0 Å². The molecule has 2 aliphatic rings. The minimum atomic E-state index is -0.534. The molecule has 5 rings (SSSR count). The van der Waals surface area contributed by atoms with Gasteiger partial charge >= 0.3 is 6.09 Å². The molecule has 2 N–H and O–H groups in total. The largest absolute Gasteiger partial charge is 0.512 e. The summed E-state index contributed by atoms with van der Waals surface area (Å²) >= 11 is 0. The summed E-state index contributed by atoms with van der Waals surface area (Å²) in [6.07, 6.45) is 2.95. The van der Waals surface area contributed by atoms with Gasteiger partial charge in [0, 0.05) is 13.1 Å². The first kappa shape index (κ1) is 24.0. The van der Waals surface area contributed by atoms with E-state index in [1.54, 1.807) is 0 Å². The van der Waals surface area contributed by atoms with E-state index >= 15 is 0 Å². The van der Waals surface area contributed by atoms with Crippen LogP contribution in [-0.4, -0.2) is 29.4 Å². The van der Waals surface area contributed by atoms with Gasteiger partial charge in [0.2, 0.25) is 0 Å². The number of benzene rings is 2. The third kappa shape index (κ3) is 4.70. The van der Waals surface area contributed by atoms with Gasteiger partial charge in [0.05, 0.1) is 11.2 Å². The SMILES string of the molecule is C=C(O)C1(c2ccc(C3CCN(c4onc(C)c4NC(=O)O[C@H](C)c4ccccc4)CC3)cc2)CC1. The molecule has 3 aromatic rings. The molecule has 2 heterocycles. The molecule has 1 aromatic heterocycles. The fourth-order valence-electron chi connectivity index (χ4n) is 5.16. The Bertz CT molecular complexity index is 1220. The number of aliphatic hydroxyl groups excluding tert-OH is 1. The Labute approximate surface area is 211 Å². The first-order valence-corrected chi connectivity index (χ1v) is 12.6. The number of nitrogens with zero attached hydrogens (tertiary/aromatic N) is 2. The molecular formula is C29H33N3O4. The van der Waals surface area contributed by atoms with E-state index in [9.17, 15) is 9.90 Å². The molecule has 7 nitrogen and oxygen atoms in total. The second kappa shape index (κ2) is 9.72. The van der Waals surface area contributed by atoms with Gasteiger partial charge in [-0.05, 0) is 62.1 Å². The van der Waals surface area contributed by atoms with Crippen LogP contribution in [0.1, 0.15) is 67.0 Å². The summed E-state index contributed by atoms with van der Waals surface area (Å²) < 4.78 is 11.2. The Morgan fingerprint density at radius 3 is 2.44 bits per heavy atom. The molecule has 1 aliphatic heterocycles. The smallest absolute Gasteiger partial charge is 0.412 e. The first-order chi connectivity index (χ1) is 17.4. The van der Waals surface area contributed by atoms with Crippen LogP contribution in [0, 0.1) is 6.92 Å². The molecule has 0 unspecified atom stereocenters. The molecule has 7 heteroatoms. The Morgan fingerprint density at radius 1 is 1.17 bits per heavy atom. The Balaban J connectivity index is 1.20. The number of nitrogens with one attached hydrogen (secondary N) is 1. The number of allylic oxidation sites excluding steroid dienone is 1. The van der Waals surface area contributed by atoms with Crippen LogP contribution in [0.15, 0.2) is 71.5 Å². The van der Waals surface area contributed by atoms with Gasteiger partial charge in [-0.15, -0.1) is 0 Å². The predicted octanol–water partition coefficient (Wildman–Crippen LogP) is 6.78. The Morgan fingerprint density at radius 2 is 1.83 bits per heavy atom. The zero-order chi connectivity index (χ0) is 25.3. The summed E-state index contributed by atoms with van der Waals surface area (Å²) in [6.45, 7) is 9.02. The van der Waals surface area contributed by atoms with Gasteiger partial charge in [0.15, 0.2) is 0 Å². The molecule has 0 bridgehead atoms. The van der Waals surface area contributed by atoms with Gasteiger partial charge in [-0.25, -0.2) is 4.79 Å². The summed E-state index contributed by atoms with van der Waals surface area (Å²) in [4.78, 5) is 14.8. The summed E-state index contributed by atoms with van der Waals surface area (Å²) in [7, 11) is 0. The minimum absolute atomic E-state index is 0.227. The maximum Gasteiger partial charge on any atom is 0.412 e. The molecule has 36 heavy (non-hydrogen) atoms. The molecule has 2 fully saturated rings. The highest BCUT2D eigenvalue weighted by molar-refractivity contribution is 5.89. The second-order valence-electron chi connectivity index (χ2n) is 9.94. The van der Waals surface area contributed by atoms with Crippen molar-refractivity contribution in [3.05, 3.63) is 89.3 Å². The molecule has 0 spiro atoms. The van der Waals surface area contributed by atoms with Crippen molar-refractivity contribution < 1.29 is 19.2 Å². The summed E-state index contributed by atoms with van der Waals surface area (Å²) in [6, 6.07) is 18.3. The predicted molar refractivity (Wildman–Crippen MR) is 140 cm³/mol. The maximum absolute atomic E-state index is 12.6. The number of hydrogen-bond donors (Lipinski definition) is 2. The number of aromatic nitrogens is 1. The molecule has 0 radical (unpaired) electrons. The van der Waals surface area contributed by atoms with Crippen LogP contribution in [0.3, 0.4) is 0 Å². The normalized spacial score (nSPS) is 17.9. The summed E-state index contributed by atoms with van der Waals surface area (Å²) in [5, 5.41) is 16.9. The van der Waals surface area contributed by atoms with Gasteiger partial charge in [0.25, 0.3) is 5.88 Å². The van der Waals surface area contributed by atoms with Crippen LogP contribution in [0.5, 0.6) is 0 Å². The number of rotatable bonds is 7. The number of amides is 1. The quantitative estimate of drug-likeness (QED) is 0.357. The number of aliphatic hydroxyl groups is 1. The number of piperidine rings is 1. The average molecular weight is 488 g/mol. The third-order valence-electron chi connectivity index (χ3n) is 7.64. The van der Waals surface area contributed by atoms with Crippen molar-refractivity contribution >= 4 is 17.7 Å². The zero-order valence-corrected chi connectivity index (χ0v) is 20.9.